The largest absolute Gasteiger partial charge is 0.497 e. The van der Waals surface area contributed by atoms with Crippen molar-refractivity contribution in [3.05, 3.63) is 89.4 Å². The molecule has 4 rings (SSSR count). The van der Waals surface area contributed by atoms with E-state index in [4.69, 9.17) is 13.9 Å². The highest BCUT2D eigenvalue weighted by Gasteiger charge is 2.24. The normalized spacial score (nSPS) is 13.7. The van der Waals surface area contributed by atoms with Gasteiger partial charge < -0.3 is 23.7 Å². The number of aryl methyl sites for hydroxylation is 1. The van der Waals surface area contributed by atoms with E-state index in [-0.39, 0.29) is 18.4 Å². The van der Waals surface area contributed by atoms with Crippen LogP contribution in [-0.4, -0.2) is 86.1 Å². The molecule has 2 heterocycles. The summed E-state index contributed by atoms with van der Waals surface area (Å²) in [4.78, 5) is 33.0. The minimum absolute atomic E-state index is 0.0102. The molecular weight excluding hydrogens is 482 g/mol. The Morgan fingerprint density at radius 1 is 0.921 bits per heavy atom. The standard InChI is InChI=1S/C30H37N3O5/c1-24-8-11-28(38-24)22-32(15-14-25-6-4-3-5-7-25)29(34)23-33(17-16-31-18-20-37-21-19-31)30(35)26-9-12-27(36-2)13-10-26/h3-13H,14-23H2,1-2H3. The summed E-state index contributed by atoms with van der Waals surface area (Å²) in [6.07, 6.45) is 0.715. The van der Waals surface area contributed by atoms with E-state index in [9.17, 15) is 9.59 Å². The van der Waals surface area contributed by atoms with Crippen LogP contribution < -0.4 is 4.74 Å². The van der Waals surface area contributed by atoms with Crippen LogP contribution >= 0.6 is 0 Å². The van der Waals surface area contributed by atoms with E-state index in [1.807, 2.05) is 37.3 Å². The van der Waals surface area contributed by atoms with E-state index < -0.39 is 0 Å². The van der Waals surface area contributed by atoms with Gasteiger partial charge in [0, 0.05) is 38.3 Å². The third-order valence-electron chi connectivity index (χ3n) is 6.75. The molecule has 1 fully saturated rings. The number of hydrogen-bond donors (Lipinski definition) is 0. The van der Waals surface area contributed by atoms with Crippen molar-refractivity contribution < 1.29 is 23.5 Å². The first-order valence-electron chi connectivity index (χ1n) is 13.1. The van der Waals surface area contributed by atoms with Crippen LogP contribution in [0.4, 0.5) is 0 Å². The van der Waals surface area contributed by atoms with Gasteiger partial charge in [-0.1, -0.05) is 30.3 Å². The van der Waals surface area contributed by atoms with E-state index in [0.717, 1.165) is 30.2 Å². The third-order valence-corrected chi connectivity index (χ3v) is 6.75. The molecule has 0 radical (unpaired) electrons. The molecular formula is C30H37N3O5. The zero-order valence-corrected chi connectivity index (χ0v) is 22.3. The minimum atomic E-state index is -0.175. The molecule has 0 unspecified atom stereocenters. The van der Waals surface area contributed by atoms with Crippen molar-refractivity contribution in [1.29, 1.82) is 0 Å². The molecule has 8 heteroatoms. The average molecular weight is 520 g/mol. The van der Waals surface area contributed by atoms with Crippen LogP contribution in [0.1, 0.15) is 27.4 Å². The van der Waals surface area contributed by atoms with Crippen molar-refractivity contribution in [3.63, 3.8) is 0 Å². The molecule has 0 aliphatic carbocycles. The van der Waals surface area contributed by atoms with Gasteiger partial charge in [-0.05, 0) is 55.3 Å². The van der Waals surface area contributed by atoms with Gasteiger partial charge in [0.05, 0.1) is 26.9 Å². The summed E-state index contributed by atoms with van der Waals surface area (Å²) in [5.41, 5.74) is 1.68. The van der Waals surface area contributed by atoms with Gasteiger partial charge in [-0.15, -0.1) is 0 Å². The summed E-state index contributed by atoms with van der Waals surface area (Å²) in [7, 11) is 1.59. The number of nitrogens with zero attached hydrogens (tertiary/aromatic N) is 3. The van der Waals surface area contributed by atoms with Gasteiger partial charge in [0.25, 0.3) is 5.91 Å². The van der Waals surface area contributed by atoms with Crippen molar-refractivity contribution in [2.75, 3.05) is 59.6 Å². The number of ether oxygens (including phenoxy) is 2. The van der Waals surface area contributed by atoms with Crippen molar-refractivity contribution in [2.24, 2.45) is 0 Å². The molecule has 0 atom stereocenters. The van der Waals surface area contributed by atoms with Crippen molar-refractivity contribution >= 4 is 11.8 Å². The van der Waals surface area contributed by atoms with Crippen molar-refractivity contribution in [2.45, 2.75) is 19.9 Å². The second kappa shape index (κ2) is 13.8. The molecule has 0 N–H and O–H groups in total. The third kappa shape index (κ3) is 7.94. The molecule has 1 aliphatic rings. The lowest BCUT2D eigenvalue weighted by atomic mass is 10.1. The van der Waals surface area contributed by atoms with Crippen LogP contribution in [-0.2, 0) is 22.5 Å². The molecule has 0 saturated carbocycles. The molecule has 38 heavy (non-hydrogen) atoms. The first-order valence-corrected chi connectivity index (χ1v) is 13.1. The summed E-state index contributed by atoms with van der Waals surface area (Å²) in [5.74, 6) is 1.92. The van der Waals surface area contributed by atoms with E-state index in [1.54, 1.807) is 41.2 Å². The predicted octanol–water partition coefficient (Wildman–Crippen LogP) is 3.64. The molecule has 0 bridgehead atoms. The number of morpholine rings is 1. The Bertz CT molecular complexity index is 1160. The molecule has 202 valence electrons. The fourth-order valence-corrected chi connectivity index (χ4v) is 4.48. The van der Waals surface area contributed by atoms with Crippen LogP contribution in [0.15, 0.2) is 71.1 Å². The smallest absolute Gasteiger partial charge is 0.254 e. The van der Waals surface area contributed by atoms with Gasteiger partial charge in [-0.2, -0.15) is 0 Å². The maximum Gasteiger partial charge on any atom is 0.254 e. The lowest BCUT2D eigenvalue weighted by molar-refractivity contribution is -0.132. The summed E-state index contributed by atoms with van der Waals surface area (Å²) in [6, 6.07) is 20.9. The molecule has 8 nitrogen and oxygen atoms in total. The van der Waals surface area contributed by atoms with Crippen molar-refractivity contribution in [1.82, 2.24) is 14.7 Å². The molecule has 1 aromatic heterocycles. The maximum atomic E-state index is 13.7. The lowest BCUT2D eigenvalue weighted by Gasteiger charge is -2.31. The Kier molecular flexibility index (Phi) is 9.95. The summed E-state index contributed by atoms with van der Waals surface area (Å²) >= 11 is 0. The Hall–Kier alpha value is -3.62. The van der Waals surface area contributed by atoms with Crippen LogP contribution in [0, 0.1) is 6.92 Å². The Labute approximate surface area is 224 Å². The number of amides is 2. The minimum Gasteiger partial charge on any atom is -0.497 e. The number of carbonyl (C=O) groups excluding carboxylic acids is 2. The van der Waals surface area contributed by atoms with Gasteiger partial charge >= 0.3 is 0 Å². The van der Waals surface area contributed by atoms with Crippen LogP contribution in [0.25, 0.3) is 0 Å². The van der Waals surface area contributed by atoms with Gasteiger partial charge in [-0.25, -0.2) is 0 Å². The molecule has 3 aromatic rings. The highest BCUT2D eigenvalue weighted by Crippen LogP contribution is 2.15. The van der Waals surface area contributed by atoms with E-state index >= 15 is 0 Å². The van der Waals surface area contributed by atoms with Gasteiger partial charge in [0.2, 0.25) is 5.91 Å². The first kappa shape index (κ1) is 27.4. The topological polar surface area (TPSA) is 75.5 Å². The Balaban J connectivity index is 1.49. The molecule has 2 amide bonds. The van der Waals surface area contributed by atoms with E-state index in [0.29, 0.717) is 57.1 Å². The second-order valence-electron chi connectivity index (χ2n) is 9.47. The molecule has 1 saturated heterocycles. The number of benzene rings is 2. The maximum absolute atomic E-state index is 13.7. The van der Waals surface area contributed by atoms with Gasteiger partial charge in [0.15, 0.2) is 0 Å². The molecule has 1 aliphatic heterocycles. The fraction of sp³-hybridized carbons (Fsp3) is 0.400. The van der Waals surface area contributed by atoms with Gasteiger partial charge in [-0.3, -0.25) is 14.5 Å². The SMILES string of the molecule is COc1ccc(C(=O)N(CCN2CCOCC2)CC(=O)N(CCc2ccccc2)Cc2ccc(C)o2)cc1. The highest BCUT2D eigenvalue weighted by atomic mass is 16.5. The summed E-state index contributed by atoms with van der Waals surface area (Å²) in [6.45, 7) is 6.89. The van der Waals surface area contributed by atoms with Crippen LogP contribution in [0.2, 0.25) is 0 Å². The van der Waals surface area contributed by atoms with Crippen LogP contribution in [0.5, 0.6) is 5.75 Å². The number of hydrogen-bond acceptors (Lipinski definition) is 6. The van der Waals surface area contributed by atoms with Crippen LogP contribution in [0.3, 0.4) is 0 Å². The zero-order chi connectivity index (χ0) is 26.7. The molecule has 0 spiro atoms. The van der Waals surface area contributed by atoms with E-state index in [1.165, 1.54) is 0 Å². The fourth-order valence-electron chi connectivity index (χ4n) is 4.48. The number of methoxy groups -OCH3 is 1. The first-order chi connectivity index (χ1) is 18.5. The highest BCUT2D eigenvalue weighted by molar-refractivity contribution is 5.96. The van der Waals surface area contributed by atoms with Gasteiger partial charge in [0.1, 0.15) is 23.8 Å². The number of furan rings is 1. The summed E-state index contributed by atoms with van der Waals surface area (Å²) in [5, 5.41) is 0. The van der Waals surface area contributed by atoms with Crippen molar-refractivity contribution in [3.8, 4) is 5.75 Å². The lowest BCUT2D eigenvalue weighted by Crippen LogP contribution is -2.47. The van der Waals surface area contributed by atoms with E-state index in [2.05, 4.69) is 17.0 Å². The average Bonchev–Trinajstić information content (AvgIpc) is 3.38. The summed E-state index contributed by atoms with van der Waals surface area (Å²) < 4.78 is 16.5. The predicted molar refractivity (Wildman–Crippen MR) is 145 cm³/mol. The monoisotopic (exact) mass is 519 g/mol. The Morgan fingerprint density at radius 3 is 2.32 bits per heavy atom. The number of rotatable bonds is 12. The molecule has 2 aromatic carbocycles. The zero-order valence-electron chi connectivity index (χ0n) is 22.3. The second-order valence-corrected chi connectivity index (χ2v) is 9.47. The Morgan fingerprint density at radius 2 is 1.66 bits per heavy atom. The quantitative estimate of drug-likeness (QED) is 0.364. The number of carbonyl (C=O) groups is 2.